The molecule has 0 aromatic heterocycles. The zero-order chi connectivity index (χ0) is 14.1. The average molecular weight is 301 g/mol. The summed E-state index contributed by atoms with van der Waals surface area (Å²) in [6, 6.07) is 7.68. The molecule has 0 aliphatic rings. The summed E-state index contributed by atoms with van der Waals surface area (Å²) in [6.07, 6.45) is 1.54. The van der Waals surface area contributed by atoms with Crippen molar-refractivity contribution in [1.82, 2.24) is 10.2 Å². The number of halogens is 1. The van der Waals surface area contributed by atoms with E-state index in [0.29, 0.717) is 6.42 Å². The van der Waals surface area contributed by atoms with Gasteiger partial charge in [-0.15, -0.1) is 11.8 Å². The van der Waals surface area contributed by atoms with E-state index < -0.39 is 0 Å². The van der Waals surface area contributed by atoms with Crippen LogP contribution in [-0.2, 0) is 4.79 Å². The Balaban J connectivity index is 2.08. The molecule has 1 rings (SSSR count). The molecule has 0 fully saturated rings. The van der Waals surface area contributed by atoms with E-state index in [1.807, 2.05) is 38.4 Å². The fraction of sp³-hybridized carbons (Fsp3) is 0.500. The highest BCUT2D eigenvalue weighted by Gasteiger charge is 2.01. The van der Waals surface area contributed by atoms with E-state index in [9.17, 15) is 4.79 Å². The number of amides is 1. The highest BCUT2D eigenvalue weighted by atomic mass is 35.5. The van der Waals surface area contributed by atoms with Crippen molar-refractivity contribution in [2.45, 2.75) is 17.7 Å². The number of rotatable bonds is 8. The molecule has 1 N–H and O–H groups in total. The Morgan fingerprint density at radius 2 is 2.00 bits per heavy atom. The standard InChI is InChI=1S/C14H21ClN2OS/c1-17(2)10-3-9-16-14(18)8-11-19-13-6-4-12(15)5-7-13/h4-7H,3,8-11H2,1-2H3,(H,16,18). The third kappa shape index (κ3) is 8.14. The first-order valence-corrected chi connectivity index (χ1v) is 7.74. The second kappa shape index (κ2) is 9.23. The maximum atomic E-state index is 11.6. The maximum absolute atomic E-state index is 11.6. The Morgan fingerprint density at radius 1 is 1.32 bits per heavy atom. The zero-order valence-corrected chi connectivity index (χ0v) is 13.1. The summed E-state index contributed by atoms with van der Waals surface area (Å²) >= 11 is 7.49. The molecule has 0 saturated heterocycles. The lowest BCUT2D eigenvalue weighted by Gasteiger charge is -2.09. The summed E-state index contributed by atoms with van der Waals surface area (Å²) in [6.45, 7) is 1.75. The number of thioether (sulfide) groups is 1. The molecule has 0 aliphatic carbocycles. The molecule has 0 bridgehead atoms. The van der Waals surface area contributed by atoms with Crippen molar-refractivity contribution >= 4 is 29.3 Å². The van der Waals surface area contributed by atoms with Gasteiger partial charge < -0.3 is 10.2 Å². The minimum atomic E-state index is 0.125. The summed E-state index contributed by atoms with van der Waals surface area (Å²) < 4.78 is 0. The minimum Gasteiger partial charge on any atom is -0.356 e. The number of carbonyl (C=O) groups is 1. The highest BCUT2D eigenvalue weighted by Crippen LogP contribution is 2.20. The van der Waals surface area contributed by atoms with Gasteiger partial charge in [0.05, 0.1) is 0 Å². The van der Waals surface area contributed by atoms with E-state index in [4.69, 9.17) is 11.6 Å². The normalized spacial score (nSPS) is 10.7. The van der Waals surface area contributed by atoms with Crippen LogP contribution < -0.4 is 5.32 Å². The van der Waals surface area contributed by atoms with Crippen LogP contribution in [0.15, 0.2) is 29.2 Å². The van der Waals surface area contributed by atoms with Crippen LogP contribution >= 0.6 is 23.4 Å². The molecule has 106 valence electrons. The summed E-state index contributed by atoms with van der Waals surface area (Å²) in [5.41, 5.74) is 0. The molecule has 19 heavy (non-hydrogen) atoms. The van der Waals surface area contributed by atoms with E-state index in [0.717, 1.165) is 35.2 Å². The van der Waals surface area contributed by atoms with E-state index >= 15 is 0 Å². The van der Waals surface area contributed by atoms with Crippen LogP contribution in [0.1, 0.15) is 12.8 Å². The van der Waals surface area contributed by atoms with Gasteiger partial charge in [0.2, 0.25) is 5.91 Å². The van der Waals surface area contributed by atoms with Crippen molar-refractivity contribution in [3.8, 4) is 0 Å². The zero-order valence-electron chi connectivity index (χ0n) is 11.5. The molecule has 1 aromatic carbocycles. The Morgan fingerprint density at radius 3 is 2.63 bits per heavy atom. The van der Waals surface area contributed by atoms with Gasteiger partial charge in [-0.2, -0.15) is 0 Å². The summed E-state index contributed by atoms with van der Waals surface area (Å²) in [5.74, 6) is 0.918. The predicted molar refractivity (Wildman–Crippen MR) is 83.0 cm³/mol. The lowest BCUT2D eigenvalue weighted by atomic mass is 10.4. The molecule has 0 radical (unpaired) electrons. The molecule has 0 atom stereocenters. The Hall–Kier alpha value is -0.710. The molecule has 1 aromatic rings. The summed E-state index contributed by atoms with van der Waals surface area (Å²) in [7, 11) is 4.06. The van der Waals surface area contributed by atoms with Crippen molar-refractivity contribution in [3.05, 3.63) is 29.3 Å². The van der Waals surface area contributed by atoms with Gasteiger partial charge in [-0.25, -0.2) is 0 Å². The van der Waals surface area contributed by atoms with Gasteiger partial charge in [0.1, 0.15) is 0 Å². The molecular weight excluding hydrogens is 280 g/mol. The number of hydrogen-bond acceptors (Lipinski definition) is 3. The molecule has 0 heterocycles. The lowest BCUT2D eigenvalue weighted by Crippen LogP contribution is -2.27. The van der Waals surface area contributed by atoms with Crippen LogP contribution in [0.2, 0.25) is 5.02 Å². The molecule has 0 saturated carbocycles. The van der Waals surface area contributed by atoms with Crippen molar-refractivity contribution < 1.29 is 4.79 Å². The van der Waals surface area contributed by atoms with Crippen LogP contribution in [0.4, 0.5) is 0 Å². The Bertz CT molecular complexity index is 382. The molecule has 1 amide bonds. The second-order valence-corrected chi connectivity index (χ2v) is 6.16. The van der Waals surface area contributed by atoms with Crippen molar-refractivity contribution in [2.24, 2.45) is 0 Å². The minimum absolute atomic E-state index is 0.125. The fourth-order valence-electron chi connectivity index (χ4n) is 1.50. The first-order chi connectivity index (χ1) is 9.08. The quantitative estimate of drug-likeness (QED) is 0.592. The van der Waals surface area contributed by atoms with Gasteiger partial charge in [0, 0.05) is 28.6 Å². The Labute approximate surface area is 124 Å². The topological polar surface area (TPSA) is 32.3 Å². The third-order valence-corrected chi connectivity index (χ3v) is 3.78. The van der Waals surface area contributed by atoms with Crippen LogP contribution in [0.25, 0.3) is 0 Å². The van der Waals surface area contributed by atoms with Gasteiger partial charge in [-0.3, -0.25) is 4.79 Å². The van der Waals surface area contributed by atoms with Gasteiger partial charge in [0.25, 0.3) is 0 Å². The molecule has 0 unspecified atom stereocenters. The van der Waals surface area contributed by atoms with E-state index in [-0.39, 0.29) is 5.91 Å². The molecule has 5 heteroatoms. The maximum Gasteiger partial charge on any atom is 0.220 e. The van der Waals surface area contributed by atoms with Crippen molar-refractivity contribution in [1.29, 1.82) is 0 Å². The second-order valence-electron chi connectivity index (χ2n) is 4.56. The summed E-state index contributed by atoms with van der Waals surface area (Å²) in [4.78, 5) is 14.8. The molecule has 3 nitrogen and oxygen atoms in total. The molecule has 0 spiro atoms. The third-order valence-electron chi connectivity index (χ3n) is 2.52. The van der Waals surface area contributed by atoms with Crippen molar-refractivity contribution in [3.63, 3.8) is 0 Å². The van der Waals surface area contributed by atoms with Crippen LogP contribution in [0.3, 0.4) is 0 Å². The monoisotopic (exact) mass is 300 g/mol. The summed E-state index contributed by atoms with van der Waals surface area (Å²) in [5, 5.41) is 3.67. The highest BCUT2D eigenvalue weighted by molar-refractivity contribution is 7.99. The van der Waals surface area contributed by atoms with Crippen LogP contribution in [-0.4, -0.2) is 43.7 Å². The van der Waals surface area contributed by atoms with Gasteiger partial charge in [0.15, 0.2) is 0 Å². The van der Waals surface area contributed by atoms with Crippen LogP contribution in [0.5, 0.6) is 0 Å². The van der Waals surface area contributed by atoms with Gasteiger partial charge in [-0.1, -0.05) is 11.6 Å². The molecular formula is C14H21ClN2OS. The van der Waals surface area contributed by atoms with Gasteiger partial charge >= 0.3 is 0 Å². The number of carbonyl (C=O) groups excluding carboxylic acids is 1. The van der Waals surface area contributed by atoms with E-state index in [1.54, 1.807) is 11.8 Å². The lowest BCUT2D eigenvalue weighted by molar-refractivity contribution is -0.120. The SMILES string of the molecule is CN(C)CCCNC(=O)CCSc1ccc(Cl)cc1. The van der Waals surface area contributed by atoms with Gasteiger partial charge in [-0.05, 0) is 51.3 Å². The smallest absolute Gasteiger partial charge is 0.220 e. The Kier molecular flexibility index (Phi) is 7.94. The number of nitrogens with zero attached hydrogens (tertiary/aromatic N) is 1. The fourth-order valence-corrected chi connectivity index (χ4v) is 2.48. The number of nitrogens with one attached hydrogen (secondary N) is 1. The number of hydrogen-bond donors (Lipinski definition) is 1. The van der Waals surface area contributed by atoms with Crippen LogP contribution in [0, 0.1) is 0 Å². The molecule has 0 aliphatic heterocycles. The van der Waals surface area contributed by atoms with Crippen molar-refractivity contribution in [2.75, 3.05) is 32.9 Å². The first-order valence-electron chi connectivity index (χ1n) is 6.38. The first kappa shape index (κ1) is 16.3. The predicted octanol–water partition coefficient (Wildman–Crippen LogP) is 2.89. The number of benzene rings is 1. The average Bonchev–Trinajstić information content (AvgIpc) is 2.37. The van der Waals surface area contributed by atoms with E-state index in [1.165, 1.54) is 0 Å². The largest absolute Gasteiger partial charge is 0.356 e. The van der Waals surface area contributed by atoms with E-state index in [2.05, 4.69) is 10.2 Å².